The lowest BCUT2D eigenvalue weighted by Gasteiger charge is -2.41. The molecule has 0 radical (unpaired) electrons. The molecule has 1 amide bonds. The van der Waals surface area contributed by atoms with E-state index in [1.807, 2.05) is 48.4 Å². The maximum absolute atomic E-state index is 12.8. The molecule has 1 N–H and O–H groups in total. The average Bonchev–Trinajstić information content (AvgIpc) is 3.42. The van der Waals surface area contributed by atoms with Gasteiger partial charge in [0.15, 0.2) is 0 Å². The van der Waals surface area contributed by atoms with Gasteiger partial charge in [0.1, 0.15) is 23.1 Å². The molecule has 1 aliphatic heterocycles. The fourth-order valence-corrected chi connectivity index (χ4v) is 4.27. The van der Waals surface area contributed by atoms with Crippen LogP contribution >= 0.6 is 0 Å². The lowest BCUT2D eigenvalue weighted by molar-refractivity contribution is -0.134. The van der Waals surface area contributed by atoms with Gasteiger partial charge in [-0.3, -0.25) is 19.6 Å². The zero-order chi connectivity index (χ0) is 22.2. The molecule has 1 saturated heterocycles. The van der Waals surface area contributed by atoms with Crippen LogP contribution in [0, 0.1) is 5.92 Å². The maximum Gasteiger partial charge on any atom is 0.245 e. The van der Waals surface area contributed by atoms with Crippen molar-refractivity contribution in [3.8, 4) is 11.3 Å². The summed E-state index contributed by atoms with van der Waals surface area (Å²) in [5, 5.41) is 12.1. The number of aromatic nitrogens is 6. The van der Waals surface area contributed by atoms with E-state index in [2.05, 4.69) is 39.0 Å². The molecule has 5 heterocycles. The third-order valence-corrected chi connectivity index (χ3v) is 5.93. The topological polar surface area (TPSA) is 95.8 Å². The molecule has 1 fully saturated rings. The van der Waals surface area contributed by atoms with E-state index in [1.54, 1.807) is 17.3 Å². The lowest BCUT2D eigenvalue weighted by Crippen LogP contribution is -2.58. The number of fused-ring (bicyclic) bond motifs is 1. The predicted molar refractivity (Wildman–Crippen MR) is 122 cm³/mol. The standard InChI is InChI=1S/C23H26N8O/c1-15(2)22-23(32)29(3)9-10-31(22)19-7-6-18-21(26-19)20(28-27-18)17-12-25-30(14-17)13-16-5-4-8-24-11-16/h4-8,11-12,14-15,22H,9-10,13H2,1-3H3,(H,27,28). The number of carbonyl (C=O) groups excluding carboxylic acids is 1. The summed E-state index contributed by atoms with van der Waals surface area (Å²) in [7, 11) is 1.86. The maximum atomic E-state index is 12.8. The largest absolute Gasteiger partial charge is 0.343 e. The Kier molecular flexibility index (Phi) is 5.08. The van der Waals surface area contributed by atoms with Gasteiger partial charge in [0.25, 0.3) is 0 Å². The van der Waals surface area contributed by atoms with Crippen LogP contribution in [0.3, 0.4) is 0 Å². The molecule has 9 nitrogen and oxygen atoms in total. The Balaban J connectivity index is 1.48. The Morgan fingerprint density at radius 3 is 2.84 bits per heavy atom. The van der Waals surface area contributed by atoms with E-state index in [4.69, 9.17) is 4.98 Å². The Morgan fingerprint density at radius 2 is 2.06 bits per heavy atom. The van der Waals surface area contributed by atoms with Crippen LogP contribution < -0.4 is 4.90 Å². The number of aromatic amines is 1. The number of pyridine rings is 2. The summed E-state index contributed by atoms with van der Waals surface area (Å²) in [5.74, 6) is 1.11. The number of hydrogen-bond donors (Lipinski definition) is 1. The highest BCUT2D eigenvalue weighted by Gasteiger charge is 2.36. The number of H-pyrrole nitrogens is 1. The molecule has 0 bridgehead atoms. The summed E-state index contributed by atoms with van der Waals surface area (Å²) in [4.78, 5) is 25.8. The zero-order valence-electron chi connectivity index (χ0n) is 18.4. The normalized spacial score (nSPS) is 17.0. The van der Waals surface area contributed by atoms with Gasteiger partial charge in [-0.25, -0.2) is 4.98 Å². The number of anilines is 1. The summed E-state index contributed by atoms with van der Waals surface area (Å²) in [6, 6.07) is 7.66. The highest BCUT2D eigenvalue weighted by Crippen LogP contribution is 2.29. The van der Waals surface area contributed by atoms with Crippen LogP contribution in [0.15, 0.2) is 49.1 Å². The van der Waals surface area contributed by atoms with Crippen molar-refractivity contribution in [3.05, 3.63) is 54.6 Å². The van der Waals surface area contributed by atoms with Gasteiger partial charge in [-0.1, -0.05) is 19.9 Å². The van der Waals surface area contributed by atoms with Gasteiger partial charge in [0, 0.05) is 44.3 Å². The van der Waals surface area contributed by atoms with E-state index >= 15 is 0 Å². The fourth-order valence-electron chi connectivity index (χ4n) is 4.27. The van der Waals surface area contributed by atoms with E-state index in [0.29, 0.717) is 13.1 Å². The van der Waals surface area contributed by atoms with E-state index < -0.39 is 0 Å². The second-order valence-corrected chi connectivity index (χ2v) is 8.57. The first-order valence-electron chi connectivity index (χ1n) is 10.8. The fraction of sp³-hybridized carbons (Fsp3) is 0.348. The van der Waals surface area contributed by atoms with Gasteiger partial charge in [0.05, 0.1) is 18.3 Å². The van der Waals surface area contributed by atoms with Crippen LogP contribution in [-0.2, 0) is 11.3 Å². The van der Waals surface area contributed by atoms with Crippen LogP contribution in [0.25, 0.3) is 22.3 Å². The molecule has 9 heteroatoms. The minimum Gasteiger partial charge on any atom is -0.343 e. The second-order valence-electron chi connectivity index (χ2n) is 8.57. The first-order chi connectivity index (χ1) is 15.5. The molecule has 0 aromatic carbocycles. The Hall–Kier alpha value is -3.75. The summed E-state index contributed by atoms with van der Waals surface area (Å²) < 4.78 is 1.87. The Labute approximate surface area is 186 Å². The molecule has 0 spiro atoms. The quantitative estimate of drug-likeness (QED) is 0.523. The van der Waals surface area contributed by atoms with Crippen molar-refractivity contribution in [2.45, 2.75) is 26.4 Å². The third-order valence-electron chi connectivity index (χ3n) is 5.93. The minimum absolute atomic E-state index is 0.136. The minimum atomic E-state index is -0.226. The molecule has 1 aliphatic rings. The van der Waals surface area contributed by atoms with Crippen LogP contribution in [0.5, 0.6) is 0 Å². The van der Waals surface area contributed by atoms with Crippen molar-refractivity contribution in [1.29, 1.82) is 0 Å². The third kappa shape index (κ3) is 3.59. The monoisotopic (exact) mass is 430 g/mol. The van der Waals surface area contributed by atoms with Crippen LogP contribution in [-0.4, -0.2) is 66.9 Å². The summed E-state index contributed by atoms with van der Waals surface area (Å²) in [6.45, 7) is 6.22. The Bertz CT molecular complexity index is 1250. The number of likely N-dealkylation sites (N-methyl/N-ethyl adjacent to an activating group) is 1. The molecular formula is C23H26N8O. The van der Waals surface area contributed by atoms with E-state index in [-0.39, 0.29) is 17.9 Å². The van der Waals surface area contributed by atoms with Gasteiger partial charge in [-0.05, 0) is 29.7 Å². The van der Waals surface area contributed by atoms with E-state index in [9.17, 15) is 4.79 Å². The van der Waals surface area contributed by atoms with Crippen molar-refractivity contribution < 1.29 is 4.79 Å². The number of hydrogen-bond acceptors (Lipinski definition) is 6. The molecule has 32 heavy (non-hydrogen) atoms. The van der Waals surface area contributed by atoms with Crippen molar-refractivity contribution in [3.63, 3.8) is 0 Å². The first-order valence-corrected chi connectivity index (χ1v) is 10.8. The van der Waals surface area contributed by atoms with Crippen molar-refractivity contribution in [1.82, 2.24) is 34.8 Å². The molecule has 5 rings (SSSR count). The van der Waals surface area contributed by atoms with Crippen LogP contribution in [0.4, 0.5) is 5.82 Å². The molecule has 1 unspecified atom stereocenters. The molecule has 164 valence electrons. The van der Waals surface area contributed by atoms with E-state index in [1.165, 1.54) is 0 Å². The molecule has 4 aromatic heterocycles. The van der Waals surface area contributed by atoms with Gasteiger partial charge >= 0.3 is 0 Å². The highest BCUT2D eigenvalue weighted by atomic mass is 16.2. The average molecular weight is 431 g/mol. The number of rotatable bonds is 5. The lowest BCUT2D eigenvalue weighted by atomic mass is 9.98. The Morgan fingerprint density at radius 1 is 1.19 bits per heavy atom. The van der Waals surface area contributed by atoms with Gasteiger partial charge < -0.3 is 9.80 Å². The molecule has 1 atom stereocenters. The van der Waals surface area contributed by atoms with Gasteiger partial charge in [-0.15, -0.1) is 0 Å². The van der Waals surface area contributed by atoms with Crippen molar-refractivity contribution >= 4 is 22.8 Å². The van der Waals surface area contributed by atoms with Gasteiger partial charge in [-0.2, -0.15) is 10.2 Å². The summed E-state index contributed by atoms with van der Waals surface area (Å²) >= 11 is 0. The van der Waals surface area contributed by atoms with Crippen molar-refractivity contribution in [2.24, 2.45) is 5.92 Å². The first kappa shape index (κ1) is 20.2. The van der Waals surface area contributed by atoms with E-state index in [0.717, 1.165) is 40.2 Å². The molecular weight excluding hydrogens is 404 g/mol. The number of amides is 1. The highest BCUT2D eigenvalue weighted by molar-refractivity contribution is 5.91. The number of carbonyl (C=O) groups is 1. The second kappa shape index (κ2) is 8.07. The van der Waals surface area contributed by atoms with Crippen LogP contribution in [0.1, 0.15) is 19.4 Å². The summed E-state index contributed by atoms with van der Waals surface area (Å²) in [5.41, 5.74) is 4.34. The van der Waals surface area contributed by atoms with Crippen molar-refractivity contribution in [2.75, 3.05) is 25.0 Å². The van der Waals surface area contributed by atoms with Crippen LogP contribution in [0.2, 0.25) is 0 Å². The number of nitrogens with one attached hydrogen (secondary N) is 1. The SMILES string of the molecule is CC(C)C1C(=O)N(C)CCN1c1ccc2[nH]nc(-c3cnn(Cc4cccnc4)c3)c2n1. The molecule has 0 saturated carbocycles. The summed E-state index contributed by atoms with van der Waals surface area (Å²) in [6.07, 6.45) is 7.36. The number of nitrogens with zero attached hydrogens (tertiary/aromatic N) is 7. The van der Waals surface area contributed by atoms with Gasteiger partial charge in [0.2, 0.25) is 5.91 Å². The molecule has 4 aromatic rings. The predicted octanol–water partition coefficient (Wildman–Crippen LogP) is 2.57. The zero-order valence-corrected chi connectivity index (χ0v) is 18.4. The molecule has 0 aliphatic carbocycles. The number of piperazine rings is 1. The smallest absolute Gasteiger partial charge is 0.245 e.